The number of thiazole rings is 1. The van der Waals surface area contributed by atoms with Crippen LogP contribution in [0.5, 0.6) is 0 Å². The first-order chi connectivity index (χ1) is 14.7. The van der Waals surface area contributed by atoms with Gasteiger partial charge in [-0.15, -0.1) is 11.3 Å². The number of piperazine rings is 1. The highest BCUT2D eigenvalue weighted by Gasteiger charge is 2.24. The first kappa shape index (κ1) is 18.7. The van der Waals surface area contributed by atoms with Crippen molar-refractivity contribution in [1.82, 2.24) is 19.9 Å². The van der Waals surface area contributed by atoms with E-state index in [0.717, 1.165) is 45.9 Å². The molecule has 0 N–H and O–H groups in total. The third-order valence-electron chi connectivity index (χ3n) is 5.38. The van der Waals surface area contributed by atoms with Gasteiger partial charge in [0.2, 0.25) is 0 Å². The SMILES string of the molecule is Cc1csc(-c2ccc(N3CCN(C(=O)c4nccc5ccccc45)CC3)nc2)n1. The Morgan fingerprint density at radius 1 is 1.00 bits per heavy atom. The standard InChI is InChI=1S/C23H21N5OS/c1-16-15-30-22(26-16)18-6-7-20(25-14-18)27-10-12-28(13-11-27)23(29)21-19-5-3-2-4-17(19)8-9-24-21/h2-9,14-15H,10-13H2,1H3. The van der Waals surface area contributed by atoms with Crippen LogP contribution in [0.2, 0.25) is 0 Å². The smallest absolute Gasteiger partial charge is 0.273 e. The maximum atomic E-state index is 13.1. The minimum Gasteiger partial charge on any atom is -0.353 e. The molecule has 1 aliphatic rings. The van der Waals surface area contributed by atoms with Crippen molar-refractivity contribution in [3.05, 3.63) is 71.6 Å². The Hall–Kier alpha value is -3.32. The van der Waals surface area contributed by atoms with Crippen LogP contribution in [0.15, 0.2) is 60.2 Å². The third-order valence-corrected chi connectivity index (χ3v) is 6.39. The summed E-state index contributed by atoms with van der Waals surface area (Å²) in [5.41, 5.74) is 2.59. The summed E-state index contributed by atoms with van der Waals surface area (Å²) >= 11 is 1.63. The van der Waals surface area contributed by atoms with E-state index in [0.29, 0.717) is 18.8 Å². The first-order valence-corrected chi connectivity index (χ1v) is 10.8. The molecule has 1 aliphatic heterocycles. The van der Waals surface area contributed by atoms with Crippen molar-refractivity contribution in [2.75, 3.05) is 31.1 Å². The average molecular weight is 416 g/mol. The third kappa shape index (κ3) is 3.52. The molecule has 0 bridgehead atoms. The van der Waals surface area contributed by atoms with Gasteiger partial charge in [0.15, 0.2) is 0 Å². The number of rotatable bonds is 3. The molecule has 7 heteroatoms. The van der Waals surface area contributed by atoms with Gasteiger partial charge in [-0.05, 0) is 30.5 Å². The molecule has 30 heavy (non-hydrogen) atoms. The van der Waals surface area contributed by atoms with Gasteiger partial charge in [-0.1, -0.05) is 24.3 Å². The summed E-state index contributed by atoms with van der Waals surface area (Å²) in [7, 11) is 0. The predicted octanol–water partition coefficient (Wildman–Crippen LogP) is 4.02. The van der Waals surface area contributed by atoms with E-state index in [-0.39, 0.29) is 5.91 Å². The van der Waals surface area contributed by atoms with Crippen molar-refractivity contribution in [2.24, 2.45) is 0 Å². The van der Waals surface area contributed by atoms with Gasteiger partial charge in [-0.3, -0.25) is 9.78 Å². The molecule has 1 amide bonds. The van der Waals surface area contributed by atoms with E-state index >= 15 is 0 Å². The predicted molar refractivity (Wildman–Crippen MR) is 120 cm³/mol. The van der Waals surface area contributed by atoms with E-state index in [1.165, 1.54) is 0 Å². The first-order valence-electron chi connectivity index (χ1n) is 9.95. The lowest BCUT2D eigenvalue weighted by Crippen LogP contribution is -2.49. The summed E-state index contributed by atoms with van der Waals surface area (Å²) in [5.74, 6) is 0.927. The van der Waals surface area contributed by atoms with Crippen LogP contribution < -0.4 is 4.90 Å². The molecule has 0 atom stereocenters. The summed E-state index contributed by atoms with van der Waals surface area (Å²) in [6.45, 7) is 4.80. The minimum atomic E-state index is -0.00565. The van der Waals surface area contributed by atoms with Gasteiger partial charge < -0.3 is 9.80 Å². The fraction of sp³-hybridized carbons (Fsp3) is 0.217. The molecule has 5 rings (SSSR count). The number of aryl methyl sites for hydroxylation is 1. The van der Waals surface area contributed by atoms with Gasteiger partial charge in [0.25, 0.3) is 5.91 Å². The number of fused-ring (bicyclic) bond motifs is 1. The number of carbonyl (C=O) groups is 1. The molecule has 1 saturated heterocycles. The van der Waals surface area contributed by atoms with Crippen LogP contribution in [0.1, 0.15) is 16.2 Å². The number of pyridine rings is 2. The van der Waals surface area contributed by atoms with E-state index in [2.05, 4.69) is 25.9 Å². The number of anilines is 1. The minimum absolute atomic E-state index is 0.00565. The van der Waals surface area contributed by atoms with Crippen LogP contribution in [0.4, 0.5) is 5.82 Å². The number of hydrogen-bond acceptors (Lipinski definition) is 6. The Kier molecular flexibility index (Phi) is 4.88. The molecule has 4 heterocycles. The number of nitrogens with zero attached hydrogens (tertiary/aromatic N) is 5. The van der Waals surface area contributed by atoms with Crippen LogP contribution in [0, 0.1) is 6.92 Å². The molecule has 1 fully saturated rings. The topological polar surface area (TPSA) is 62.2 Å². The Bertz CT molecular complexity index is 1190. The quantitative estimate of drug-likeness (QED) is 0.506. The number of benzene rings is 1. The van der Waals surface area contributed by atoms with Crippen LogP contribution in [0.25, 0.3) is 21.3 Å². The molecular weight excluding hydrogens is 394 g/mol. The fourth-order valence-corrected chi connectivity index (χ4v) is 4.55. The lowest BCUT2D eigenvalue weighted by molar-refractivity contribution is 0.0743. The largest absolute Gasteiger partial charge is 0.353 e. The van der Waals surface area contributed by atoms with Crippen molar-refractivity contribution in [3.63, 3.8) is 0 Å². The molecule has 1 aromatic carbocycles. The average Bonchev–Trinajstić information content (AvgIpc) is 3.25. The van der Waals surface area contributed by atoms with E-state index < -0.39 is 0 Å². The van der Waals surface area contributed by atoms with Gasteiger partial charge in [0, 0.05) is 60.6 Å². The Labute approximate surface area is 178 Å². The van der Waals surface area contributed by atoms with Crippen LogP contribution >= 0.6 is 11.3 Å². The van der Waals surface area contributed by atoms with E-state index in [1.807, 2.05) is 59.8 Å². The molecule has 0 spiro atoms. The summed E-state index contributed by atoms with van der Waals surface area (Å²) < 4.78 is 0. The molecule has 0 radical (unpaired) electrons. The number of hydrogen-bond donors (Lipinski definition) is 0. The lowest BCUT2D eigenvalue weighted by Gasteiger charge is -2.35. The van der Waals surface area contributed by atoms with Crippen LogP contribution in [-0.4, -0.2) is 51.9 Å². The molecule has 0 saturated carbocycles. The molecule has 0 aliphatic carbocycles. The van der Waals surface area contributed by atoms with Crippen molar-refractivity contribution in [3.8, 4) is 10.6 Å². The summed E-state index contributed by atoms with van der Waals surface area (Å²) in [4.78, 5) is 30.7. The van der Waals surface area contributed by atoms with Crippen LogP contribution in [0.3, 0.4) is 0 Å². The molecule has 4 aromatic rings. The number of amides is 1. The highest BCUT2D eigenvalue weighted by molar-refractivity contribution is 7.13. The second-order valence-electron chi connectivity index (χ2n) is 7.36. The summed E-state index contributed by atoms with van der Waals surface area (Å²) in [6, 6.07) is 13.9. The second kappa shape index (κ2) is 7.84. The Balaban J connectivity index is 1.27. The van der Waals surface area contributed by atoms with Crippen molar-refractivity contribution < 1.29 is 4.79 Å². The maximum Gasteiger partial charge on any atom is 0.273 e. The normalized spacial score (nSPS) is 14.3. The zero-order chi connectivity index (χ0) is 20.5. The molecule has 0 unspecified atom stereocenters. The zero-order valence-corrected chi connectivity index (χ0v) is 17.5. The molecule has 3 aromatic heterocycles. The van der Waals surface area contributed by atoms with Gasteiger partial charge >= 0.3 is 0 Å². The maximum absolute atomic E-state index is 13.1. The Morgan fingerprint density at radius 3 is 2.57 bits per heavy atom. The van der Waals surface area contributed by atoms with Gasteiger partial charge in [0.05, 0.1) is 0 Å². The van der Waals surface area contributed by atoms with Crippen molar-refractivity contribution in [2.45, 2.75) is 6.92 Å². The summed E-state index contributed by atoms with van der Waals surface area (Å²) in [5, 5.41) is 4.98. The van der Waals surface area contributed by atoms with E-state index in [4.69, 9.17) is 0 Å². The fourth-order valence-electron chi connectivity index (χ4n) is 3.76. The van der Waals surface area contributed by atoms with E-state index in [9.17, 15) is 4.79 Å². The van der Waals surface area contributed by atoms with Gasteiger partial charge in [-0.25, -0.2) is 9.97 Å². The Morgan fingerprint density at radius 2 is 1.83 bits per heavy atom. The number of carbonyl (C=O) groups excluding carboxylic acids is 1. The molecular formula is C23H21N5OS. The van der Waals surface area contributed by atoms with Crippen LogP contribution in [-0.2, 0) is 0 Å². The highest BCUT2D eigenvalue weighted by atomic mass is 32.1. The molecule has 6 nitrogen and oxygen atoms in total. The molecule has 150 valence electrons. The monoisotopic (exact) mass is 415 g/mol. The number of aromatic nitrogens is 3. The second-order valence-corrected chi connectivity index (χ2v) is 8.22. The van der Waals surface area contributed by atoms with Gasteiger partial charge in [-0.2, -0.15) is 0 Å². The summed E-state index contributed by atoms with van der Waals surface area (Å²) in [6.07, 6.45) is 3.59. The van der Waals surface area contributed by atoms with Gasteiger partial charge in [0.1, 0.15) is 16.5 Å². The van der Waals surface area contributed by atoms with Crippen molar-refractivity contribution >= 4 is 33.8 Å². The van der Waals surface area contributed by atoms with E-state index in [1.54, 1.807) is 17.5 Å². The lowest BCUT2D eigenvalue weighted by atomic mass is 10.1. The highest BCUT2D eigenvalue weighted by Crippen LogP contribution is 2.25. The zero-order valence-electron chi connectivity index (χ0n) is 16.7. The van der Waals surface area contributed by atoms with Crippen molar-refractivity contribution in [1.29, 1.82) is 0 Å².